The minimum absolute atomic E-state index is 0.000513. The molecule has 116 valence electrons. The molecule has 2 rings (SSSR count). The minimum Gasteiger partial charge on any atom is -0.503 e. The molecule has 1 heterocycles. The van der Waals surface area contributed by atoms with Crippen LogP contribution < -0.4 is 15.9 Å². The normalized spacial score (nSPS) is 10.9. The van der Waals surface area contributed by atoms with E-state index in [0.29, 0.717) is 31.5 Å². The van der Waals surface area contributed by atoms with Gasteiger partial charge in [0.25, 0.3) is 5.91 Å². The van der Waals surface area contributed by atoms with Crippen molar-refractivity contribution in [2.45, 2.75) is 6.92 Å². The summed E-state index contributed by atoms with van der Waals surface area (Å²) in [6, 6.07) is 3.23. The molecular weight excluding hydrogens is 372 g/mol. The van der Waals surface area contributed by atoms with Gasteiger partial charge in [-0.25, -0.2) is 10.4 Å². The Morgan fingerprint density at radius 2 is 2.32 bits per heavy atom. The Balaban J connectivity index is 2.11. The first kappa shape index (κ1) is 16.2. The van der Waals surface area contributed by atoms with E-state index in [1.165, 1.54) is 13.3 Å². The van der Waals surface area contributed by atoms with Gasteiger partial charge in [0.05, 0.1) is 23.5 Å². The fourth-order valence-electron chi connectivity index (χ4n) is 1.67. The maximum atomic E-state index is 11.9. The molecule has 4 N–H and O–H groups in total. The highest BCUT2D eigenvalue weighted by atomic mass is 79.9. The lowest BCUT2D eigenvalue weighted by atomic mass is 10.2. The number of aryl methyl sites for hydroxylation is 1. The van der Waals surface area contributed by atoms with Crippen molar-refractivity contribution in [3.8, 4) is 11.5 Å². The number of aromatic nitrogens is 1. The summed E-state index contributed by atoms with van der Waals surface area (Å²) >= 11 is 4.31. The van der Waals surface area contributed by atoms with E-state index in [9.17, 15) is 9.90 Å². The SMILES string of the molecule is COc1cc(/C=N\NC(=O)c2sc(N)nc2C)cc(Br)c1O. The van der Waals surface area contributed by atoms with Gasteiger partial charge < -0.3 is 15.6 Å². The summed E-state index contributed by atoms with van der Waals surface area (Å²) in [6.45, 7) is 1.70. The van der Waals surface area contributed by atoms with Gasteiger partial charge in [-0.15, -0.1) is 0 Å². The lowest BCUT2D eigenvalue weighted by molar-refractivity contribution is 0.0958. The number of thiazole rings is 1. The molecule has 22 heavy (non-hydrogen) atoms. The monoisotopic (exact) mass is 384 g/mol. The number of aromatic hydroxyl groups is 1. The number of anilines is 1. The first-order valence-electron chi connectivity index (χ1n) is 6.05. The van der Waals surface area contributed by atoms with Gasteiger partial charge in [0, 0.05) is 0 Å². The summed E-state index contributed by atoms with van der Waals surface area (Å²) in [5.74, 6) is -0.0829. The zero-order valence-electron chi connectivity index (χ0n) is 11.8. The number of nitrogens with one attached hydrogen (secondary N) is 1. The average Bonchev–Trinajstić information content (AvgIpc) is 2.81. The molecule has 0 radical (unpaired) electrons. The van der Waals surface area contributed by atoms with Crippen LogP contribution in [0.1, 0.15) is 20.9 Å². The van der Waals surface area contributed by atoms with E-state index in [0.717, 1.165) is 11.3 Å². The van der Waals surface area contributed by atoms with Crippen molar-refractivity contribution in [3.63, 3.8) is 0 Å². The number of hydrogen-bond acceptors (Lipinski definition) is 7. The third kappa shape index (κ3) is 3.55. The molecule has 0 saturated heterocycles. The van der Waals surface area contributed by atoms with E-state index in [1.807, 2.05) is 0 Å². The van der Waals surface area contributed by atoms with Crippen LogP contribution in [-0.2, 0) is 0 Å². The molecule has 0 bridgehead atoms. The standard InChI is InChI=1S/C13H13BrN4O3S/c1-6-11(22-13(15)17-6)12(20)18-16-5-7-3-8(14)10(19)9(4-7)21-2/h3-5,19H,1-2H3,(H2,15,17)(H,18,20)/b16-5-. The summed E-state index contributed by atoms with van der Waals surface area (Å²) in [5, 5.41) is 13.9. The van der Waals surface area contributed by atoms with Crippen LogP contribution >= 0.6 is 27.3 Å². The lowest BCUT2D eigenvalue weighted by Crippen LogP contribution is -2.17. The van der Waals surface area contributed by atoms with E-state index in [2.05, 4.69) is 31.4 Å². The van der Waals surface area contributed by atoms with Crippen molar-refractivity contribution in [2.24, 2.45) is 5.10 Å². The topological polar surface area (TPSA) is 110 Å². The number of carbonyl (C=O) groups excluding carboxylic acids is 1. The van der Waals surface area contributed by atoms with Crippen LogP contribution in [0.3, 0.4) is 0 Å². The minimum atomic E-state index is -0.382. The first-order chi connectivity index (χ1) is 10.4. The number of benzene rings is 1. The molecule has 0 aliphatic heterocycles. The quantitative estimate of drug-likeness (QED) is 0.553. The molecule has 0 aliphatic rings. The van der Waals surface area contributed by atoms with Crippen LogP contribution in [0.15, 0.2) is 21.7 Å². The Hall–Kier alpha value is -2.13. The van der Waals surface area contributed by atoms with E-state index in [-0.39, 0.29) is 11.7 Å². The van der Waals surface area contributed by atoms with Crippen LogP contribution in [0.5, 0.6) is 11.5 Å². The Labute approximate surface area is 139 Å². The van der Waals surface area contributed by atoms with Gasteiger partial charge in [0.15, 0.2) is 16.6 Å². The molecule has 2 aromatic rings. The fraction of sp³-hybridized carbons (Fsp3) is 0.154. The van der Waals surface area contributed by atoms with Crippen molar-refractivity contribution >= 4 is 44.5 Å². The van der Waals surface area contributed by atoms with E-state index < -0.39 is 0 Å². The number of carbonyl (C=O) groups is 1. The number of phenols is 1. The third-order valence-electron chi connectivity index (χ3n) is 2.67. The summed E-state index contributed by atoms with van der Waals surface area (Å²) in [6.07, 6.45) is 1.43. The molecule has 0 fully saturated rings. The molecule has 7 nitrogen and oxygen atoms in total. The van der Waals surface area contributed by atoms with Crippen LogP contribution in [0, 0.1) is 6.92 Å². The highest BCUT2D eigenvalue weighted by Crippen LogP contribution is 2.34. The van der Waals surface area contributed by atoms with Gasteiger partial charge in [0.1, 0.15) is 4.88 Å². The number of nitrogen functional groups attached to an aromatic ring is 1. The number of hydrogen-bond donors (Lipinski definition) is 3. The molecule has 0 saturated carbocycles. The number of hydrazone groups is 1. The van der Waals surface area contributed by atoms with E-state index >= 15 is 0 Å². The zero-order valence-corrected chi connectivity index (χ0v) is 14.2. The van der Waals surface area contributed by atoms with Crippen LogP contribution in [0.4, 0.5) is 5.13 Å². The highest BCUT2D eigenvalue weighted by molar-refractivity contribution is 9.10. The fourth-order valence-corrected chi connectivity index (χ4v) is 2.85. The number of ether oxygens (including phenoxy) is 1. The second kappa shape index (κ2) is 6.75. The number of nitrogens with zero attached hydrogens (tertiary/aromatic N) is 2. The summed E-state index contributed by atoms with van der Waals surface area (Å²) in [5.41, 5.74) is 9.15. The van der Waals surface area contributed by atoms with Crippen molar-refractivity contribution in [1.29, 1.82) is 0 Å². The first-order valence-corrected chi connectivity index (χ1v) is 7.66. The molecule has 0 spiro atoms. The second-order valence-electron chi connectivity index (χ2n) is 4.22. The number of halogens is 1. The Morgan fingerprint density at radius 3 is 2.91 bits per heavy atom. The van der Waals surface area contributed by atoms with Crippen LogP contribution in [0.25, 0.3) is 0 Å². The van der Waals surface area contributed by atoms with Crippen molar-refractivity contribution in [3.05, 3.63) is 32.7 Å². The van der Waals surface area contributed by atoms with Crippen LogP contribution in [0.2, 0.25) is 0 Å². The second-order valence-corrected chi connectivity index (χ2v) is 6.10. The maximum Gasteiger partial charge on any atom is 0.283 e. The molecule has 1 amide bonds. The van der Waals surface area contributed by atoms with E-state index in [1.54, 1.807) is 19.1 Å². The Kier molecular flexibility index (Phi) is 4.99. The third-order valence-corrected chi connectivity index (χ3v) is 4.26. The molecular formula is C13H13BrN4O3S. The molecule has 0 unspecified atom stereocenters. The predicted octanol–water partition coefficient (Wildman–Crippen LogP) is 2.27. The van der Waals surface area contributed by atoms with Crippen LogP contribution in [-0.4, -0.2) is 29.3 Å². The van der Waals surface area contributed by atoms with Crippen molar-refractivity contribution in [1.82, 2.24) is 10.4 Å². The zero-order chi connectivity index (χ0) is 16.3. The molecule has 1 aromatic heterocycles. The summed E-state index contributed by atoms with van der Waals surface area (Å²) in [4.78, 5) is 16.3. The van der Waals surface area contributed by atoms with Gasteiger partial charge in [-0.1, -0.05) is 11.3 Å². The average molecular weight is 385 g/mol. The summed E-state index contributed by atoms with van der Waals surface area (Å²) in [7, 11) is 1.45. The largest absolute Gasteiger partial charge is 0.503 e. The maximum absolute atomic E-state index is 11.9. The predicted molar refractivity (Wildman–Crippen MR) is 88.7 cm³/mol. The van der Waals surface area contributed by atoms with E-state index in [4.69, 9.17) is 10.5 Å². The number of nitrogens with two attached hydrogens (primary N) is 1. The Bertz CT molecular complexity index is 745. The van der Waals surface area contributed by atoms with Gasteiger partial charge in [0.2, 0.25) is 0 Å². The van der Waals surface area contributed by atoms with Gasteiger partial charge >= 0.3 is 0 Å². The van der Waals surface area contributed by atoms with Gasteiger partial charge in [-0.2, -0.15) is 5.10 Å². The lowest BCUT2D eigenvalue weighted by Gasteiger charge is -2.06. The Morgan fingerprint density at radius 1 is 1.59 bits per heavy atom. The smallest absolute Gasteiger partial charge is 0.283 e. The molecule has 0 atom stereocenters. The molecule has 0 aliphatic carbocycles. The van der Waals surface area contributed by atoms with Gasteiger partial charge in [-0.3, -0.25) is 4.79 Å². The van der Waals surface area contributed by atoms with Crippen molar-refractivity contribution in [2.75, 3.05) is 12.8 Å². The number of rotatable bonds is 4. The number of amides is 1. The van der Waals surface area contributed by atoms with Crippen molar-refractivity contribution < 1.29 is 14.6 Å². The summed E-state index contributed by atoms with van der Waals surface area (Å²) < 4.78 is 5.50. The highest BCUT2D eigenvalue weighted by Gasteiger charge is 2.13. The molecule has 1 aromatic carbocycles. The number of methoxy groups -OCH3 is 1. The van der Waals surface area contributed by atoms with Gasteiger partial charge in [-0.05, 0) is 40.5 Å². The number of phenolic OH excluding ortho intramolecular Hbond substituents is 1. The molecule has 9 heteroatoms.